The number of nitrogens with one attached hydrogen (secondary N) is 1. The van der Waals surface area contributed by atoms with Gasteiger partial charge in [-0.15, -0.1) is 11.8 Å². The molecule has 0 aliphatic carbocycles. The fourth-order valence-corrected chi connectivity index (χ4v) is 3.29. The zero-order chi connectivity index (χ0) is 16.9. The van der Waals surface area contributed by atoms with Crippen LogP contribution in [-0.4, -0.2) is 35.9 Å². The zero-order valence-corrected chi connectivity index (χ0v) is 14.0. The molecule has 1 aliphatic rings. The molecule has 2 amide bonds. The van der Waals surface area contributed by atoms with E-state index in [1.165, 1.54) is 0 Å². The number of carbonyl (C=O) groups excluding carboxylic acids is 2. The number of pyridine rings is 1. The molecule has 0 fully saturated rings. The smallest absolute Gasteiger partial charge is 0.338 e. The van der Waals surface area contributed by atoms with Crippen molar-refractivity contribution in [1.82, 2.24) is 4.98 Å². The van der Waals surface area contributed by atoms with Crippen molar-refractivity contribution in [1.29, 1.82) is 0 Å². The molecule has 0 saturated carbocycles. The number of thioether (sulfide) groups is 1. The van der Waals surface area contributed by atoms with E-state index in [2.05, 4.69) is 10.3 Å². The summed E-state index contributed by atoms with van der Waals surface area (Å²) < 4.78 is 4.94. The van der Waals surface area contributed by atoms with Crippen LogP contribution in [-0.2, 0) is 4.74 Å². The fraction of sp³-hybridized carbons (Fsp3) is 0.235. The summed E-state index contributed by atoms with van der Waals surface area (Å²) in [6.07, 6.45) is 1.72. The van der Waals surface area contributed by atoms with E-state index in [9.17, 15) is 9.59 Å². The van der Waals surface area contributed by atoms with Crippen molar-refractivity contribution in [2.75, 3.05) is 29.1 Å². The summed E-state index contributed by atoms with van der Waals surface area (Å²) in [5, 5.41) is 3.71. The van der Waals surface area contributed by atoms with E-state index in [1.807, 2.05) is 12.1 Å². The molecule has 0 bridgehead atoms. The first-order valence-electron chi connectivity index (χ1n) is 7.62. The summed E-state index contributed by atoms with van der Waals surface area (Å²) in [6.45, 7) is 2.71. The Morgan fingerprint density at radius 1 is 1.29 bits per heavy atom. The molecule has 1 aromatic carbocycles. The molecule has 0 saturated heterocycles. The van der Waals surface area contributed by atoms with Crippen LogP contribution < -0.4 is 10.2 Å². The second kappa shape index (κ2) is 7.35. The standard InChI is InChI=1S/C17H17N3O3S/c1-2-23-16(21)12-5-7-13(8-6-12)19-17(22)20-10-11-24-15-14(20)4-3-9-18-15/h3-9H,2,10-11H2,1H3,(H,19,22). The van der Waals surface area contributed by atoms with Crippen molar-refractivity contribution in [3.05, 3.63) is 48.2 Å². The van der Waals surface area contributed by atoms with Crippen LogP contribution in [0.5, 0.6) is 0 Å². The van der Waals surface area contributed by atoms with Gasteiger partial charge in [-0.3, -0.25) is 4.90 Å². The van der Waals surface area contributed by atoms with Crippen molar-refractivity contribution in [3.8, 4) is 0 Å². The first-order chi connectivity index (χ1) is 11.7. The number of hydrogen-bond donors (Lipinski definition) is 1. The van der Waals surface area contributed by atoms with E-state index in [-0.39, 0.29) is 12.0 Å². The summed E-state index contributed by atoms with van der Waals surface area (Å²) in [5.41, 5.74) is 1.89. The lowest BCUT2D eigenvalue weighted by Crippen LogP contribution is -2.38. The summed E-state index contributed by atoms with van der Waals surface area (Å²) in [7, 11) is 0. The van der Waals surface area contributed by atoms with E-state index in [1.54, 1.807) is 54.0 Å². The Morgan fingerprint density at radius 3 is 2.83 bits per heavy atom. The fourth-order valence-electron chi connectivity index (χ4n) is 2.36. The Labute approximate surface area is 144 Å². The van der Waals surface area contributed by atoms with Crippen LogP contribution in [0.1, 0.15) is 17.3 Å². The number of urea groups is 1. The molecule has 0 radical (unpaired) electrons. The quantitative estimate of drug-likeness (QED) is 0.865. The summed E-state index contributed by atoms with van der Waals surface area (Å²) >= 11 is 1.64. The highest BCUT2D eigenvalue weighted by molar-refractivity contribution is 7.99. The van der Waals surface area contributed by atoms with E-state index < -0.39 is 0 Å². The van der Waals surface area contributed by atoms with Gasteiger partial charge in [-0.1, -0.05) is 0 Å². The lowest BCUT2D eigenvalue weighted by molar-refractivity contribution is 0.0526. The van der Waals surface area contributed by atoms with E-state index >= 15 is 0 Å². The summed E-state index contributed by atoms with van der Waals surface area (Å²) in [5.74, 6) is 0.433. The molecular weight excluding hydrogens is 326 g/mol. The molecule has 7 heteroatoms. The third-order valence-corrected chi connectivity index (χ3v) is 4.46. The number of aromatic nitrogens is 1. The molecule has 3 rings (SSSR count). The topological polar surface area (TPSA) is 71.5 Å². The molecule has 24 heavy (non-hydrogen) atoms. The lowest BCUT2D eigenvalue weighted by Gasteiger charge is -2.28. The summed E-state index contributed by atoms with van der Waals surface area (Å²) in [6, 6.07) is 10.1. The number of anilines is 2. The molecule has 0 spiro atoms. The molecule has 124 valence electrons. The second-order valence-corrected chi connectivity index (χ2v) is 6.14. The van der Waals surface area contributed by atoms with Crippen molar-refractivity contribution in [3.63, 3.8) is 0 Å². The summed E-state index contributed by atoms with van der Waals surface area (Å²) in [4.78, 5) is 30.1. The average molecular weight is 343 g/mol. The number of ether oxygens (including phenoxy) is 1. The first kappa shape index (κ1) is 16.3. The van der Waals surface area contributed by atoms with Gasteiger partial charge < -0.3 is 10.1 Å². The molecule has 2 heterocycles. The predicted molar refractivity (Wildman–Crippen MR) is 93.7 cm³/mol. The molecule has 2 aromatic rings. The SMILES string of the molecule is CCOC(=O)c1ccc(NC(=O)N2CCSc3ncccc32)cc1. The van der Waals surface area contributed by atoms with Crippen molar-refractivity contribution in [2.24, 2.45) is 0 Å². The average Bonchev–Trinajstić information content (AvgIpc) is 2.62. The predicted octanol–water partition coefficient (Wildman–Crippen LogP) is 3.40. The van der Waals surface area contributed by atoms with Gasteiger partial charge in [0.15, 0.2) is 0 Å². The van der Waals surface area contributed by atoms with Gasteiger partial charge in [0.1, 0.15) is 5.03 Å². The normalized spacial score (nSPS) is 13.1. The minimum Gasteiger partial charge on any atom is -0.462 e. The highest BCUT2D eigenvalue weighted by Crippen LogP contribution is 2.32. The number of hydrogen-bond acceptors (Lipinski definition) is 5. The maximum absolute atomic E-state index is 12.5. The van der Waals surface area contributed by atoms with Gasteiger partial charge in [0.05, 0.1) is 17.9 Å². The Bertz CT molecular complexity index is 749. The van der Waals surface area contributed by atoms with Crippen LogP contribution in [0.4, 0.5) is 16.2 Å². The monoisotopic (exact) mass is 343 g/mol. The minimum atomic E-state index is -0.372. The molecule has 1 aromatic heterocycles. The van der Waals surface area contributed by atoms with Crippen LogP contribution in [0.3, 0.4) is 0 Å². The van der Waals surface area contributed by atoms with Crippen molar-refractivity contribution < 1.29 is 14.3 Å². The van der Waals surface area contributed by atoms with Crippen LogP contribution in [0.25, 0.3) is 0 Å². The number of nitrogens with zero attached hydrogens (tertiary/aromatic N) is 2. The Balaban J connectivity index is 1.71. The minimum absolute atomic E-state index is 0.214. The van der Waals surface area contributed by atoms with E-state index in [0.29, 0.717) is 24.4 Å². The number of amides is 2. The van der Waals surface area contributed by atoms with Gasteiger partial charge in [0.25, 0.3) is 0 Å². The third kappa shape index (κ3) is 3.51. The Morgan fingerprint density at radius 2 is 2.08 bits per heavy atom. The molecular formula is C17H17N3O3S. The second-order valence-electron chi connectivity index (χ2n) is 5.06. The Kier molecular flexibility index (Phi) is 5.00. The molecule has 1 N–H and O–H groups in total. The molecule has 0 atom stereocenters. The van der Waals surface area contributed by atoms with Crippen molar-refractivity contribution in [2.45, 2.75) is 11.9 Å². The van der Waals surface area contributed by atoms with Gasteiger partial charge in [0.2, 0.25) is 0 Å². The number of esters is 1. The van der Waals surface area contributed by atoms with Crippen LogP contribution >= 0.6 is 11.8 Å². The maximum Gasteiger partial charge on any atom is 0.338 e. The van der Waals surface area contributed by atoms with Crippen molar-refractivity contribution >= 4 is 35.1 Å². The van der Waals surface area contributed by atoms with Gasteiger partial charge in [-0.2, -0.15) is 0 Å². The van der Waals surface area contributed by atoms with Gasteiger partial charge >= 0.3 is 12.0 Å². The van der Waals surface area contributed by atoms with E-state index in [4.69, 9.17) is 4.74 Å². The third-order valence-electron chi connectivity index (χ3n) is 3.49. The van der Waals surface area contributed by atoms with Crippen LogP contribution in [0, 0.1) is 0 Å². The largest absolute Gasteiger partial charge is 0.462 e. The van der Waals surface area contributed by atoms with Crippen LogP contribution in [0.2, 0.25) is 0 Å². The van der Waals surface area contributed by atoms with Gasteiger partial charge in [0, 0.05) is 24.2 Å². The number of rotatable bonds is 3. The number of fused-ring (bicyclic) bond motifs is 1. The Hall–Kier alpha value is -2.54. The van der Waals surface area contributed by atoms with Gasteiger partial charge in [-0.05, 0) is 43.3 Å². The highest BCUT2D eigenvalue weighted by Gasteiger charge is 2.23. The molecule has 1 aliphatic heterocycles. The molecule has 0 unspecified atom stereocenters. The maximum atomic E-state index is 12.5. The zero-order valence-electron chi connectivity index (χ0n) is 13.2. The van der Waals surface area contributed by atoms with Gasteiger partial charge in [-0.25, -0.2) is 14.6 Å². The number of carbonyl (C=O) groups is 2. The molecule has 6 nitrogen and oxygen atoms in total. The van der Waals surface area contributed by atoms with E-state index in [0.717, 1.165) is 16.5 Å². The number of benzene rings is 1. The van der Waals surface area contributed by atoms with Crippen LogP contribution in [0.15, 0.2) is 47.6 Å². The first-order valence-corrected chi connectivity index (χ1v) is 8.61. The highest BCUT2D eigenvalue weighted by atomic mass is 32.2. The lowest BCUT2D eigenvalue weighted by atomic mass is 10.2.